The van der Waals surface area contributed by atoms with Gasteiger partial charge >= 0.3 is 0 Å². The summed E-state index contributed by atoms with van der Waals surface area (Å²) in [6.45, 7) is 1.74. The molecule has 12 N–H and O–H groups in total. The van der Waals surface area contributed by atoms with E-state index in [9.17, 15) is 61.0 Å². The number of unbranched alkanes of at least 4 members (excludes halogenated alkanes) is 44. The van der Waals surface area contributed by atoms with Crippen LogP contribution in [0.5, 0.6) is 0 Å². The number of allylic oxidation sites excluding steroid dienone is 12. The van der Waals surface area contributed by atoms with E-state index in [0.29, 0.717) is 12.8 Å². The summed E-state index contributed by atoms with van der Waals surface area (Å²) in [7, 11) is 0. The van der Waals surface area contributed by atoms with Crippen molar-refractivity contribution in [2.75, 3.05) is 26.4 Å². The quantitative estimate of drug-likeness (QED) is 0.0199. The Morgan fingerprint density at radius 1 is 0.339 bits per heavy atom. The number of aliphatic hydroxyl groups is 11. The topological polar surface area (TPSA) is 307 Å². The van der Waals surface area contributed by atoms with Crippen molar-refractivity contribution in [3.63, 3.8) is 0 Å². The van der Waals surface area contributed by atoms with E-state index in [1.54, 1.807) is 0 Å². The normalized spacial score (nSPS) is 25.6. The number of hydrogen-bond donors (Lipinski definition) is 12. The first kappa shape index (κ1) is 100. The highest BCUT2D eigenvalue weighted by Gasteiger charge is 2.54. The van der Waals surface area contributed by atoms with Gasteiger partial charge in [-0.15, -0.1) is 0 Å². The Balaban J connectivity index is 1.29. The lowest BCUT2D eigenvalue weighted by molar-refractivity contribution is -0.379. The summed E-state index contributed by atoms with van der Waals surface area (Å²) in [6, 6.07) is -0.889. The Bertz CT molecular complexity index is 2250. The van der Waals surface area contributed by atoms with Gasteiger partial charge in [0.15, 0.2) is 18.9 Å². The summed E-state index contributed by atoms with van der Waals surface area (Å²) in [4.78, 5) is 13.5. The summed E-state index contributed by atoms with van der Waals surface area (Å²) >= 11 is 0. The smallest absolute Gasteiger partial charge is 0.220 e. The highest BCUT2D eigenvalue weighted by Crippen LogP contribution is 2.34. The first-order valence-corrected chi connectivity index (χ1v) is 44.7. The molecule has 0 aromatic rings. The number of hydrogen-bond acceptors (Lipinski definition) is 18. The second-order valence-corrected chi connectivity index (χ2v) is 31.7. The number of aliphatic hydroxyl groups excluding tert-OH is 11. The van der Waals surface area contributed by atoms with Gasteiger partial charge in [-0.1, -0.05) is 363 Å². The third kappa shape index (κ3) is 48.4. The van der Waals surface area contributed by atoms with E-state index < -0.39 is 124 Å². The van der Waals surface area contributed by atoms with Crippen molar-refractivity contribution in [3.8, 4) is 0 Å². The van der Waals surface area contributed by atoms with Crippen LogP contribution in [-0.2, 0) is 33.2 Å². The first-order valence-electron chi connectivity index (χ1n) is 44.7. The van der Waals surface area contributed by atoms with E-state index in [2.05, 4.69) is 92.1 Å². The lowest BCUT2D eigenvalue weighted by atomic mass is 9.96. The summed E-state index contributed by atoms with van der Waals surface area (Å²) in [5.74, 6) is -0.236. The minimum Gasteiger partial charge on any atom is -0.394 e. The van der Waals surface area contributed by atoms with Crippen molar-refractivity contribution in [1.29, 1.82) is 0 Å². The van der Waals surface area contributed by atoms with Gasteiger partial charge in [-0.3, -0.25) is 4.79 Å². The summed E-state index contributed by atoms with van der Waals surface area (Å²) < 4.78 is 34.6. The molecule has 0 saturated carbocycles. The molecule has 17 unspecified atom stereocenters. The zero-order valence-electron chi connectivity index (χ0n) is 68.5. The molecule has 17 atom stereocenters. The second kappa shape index (κ2) is 69.5. The number of nitrogens with one attached hydrogen (secondary N) is 1. The maximum absolute atomic E-state index is 13.5. The summed E-state index contributed by atoms with van der Waals surface area (Å²) in [6.07, 6.45) is 65.8. The fourth-order valence-electron chi connectivity index (χ4n) is 15.0. The van der Waals surface area contributed by atoms with Crippen LogP contribution in [0.3, 0.4) is 0 Å². The maximum Gasteiger partial charge on any atom is 0.220 e. The van der Waals surface area contributed by atoms with Gasteiger partial charge in [0.2, 0.25) is 5.91 Å². The number of amides is 1. The van der Waals surface area contributed by atoms with Gasteiger partial charge in [0.25, 0.3) is 0 Å². The van der Waals surface area contributed by atoms with Crippen LogP contribution in [-0.4, -0.2) is 193 Å². The zero-order valence-corrected chi connectivity index (χ0v) is 68.5. The maximum atomic E-state index is 13.5. The molecule has 0 aliphatic carbocycles. The van der Waals surface area contributed by atoms with Gasteiger partial charge in [0.05, 0.1) is 38.6 Å². The number of carbonyl (C=O) groups is 1. The van der Waals surface area contributed by atoms with Gasteiger partial charge in [0, 0.05) is 6.42 Å². The molecule has 0 bridgehead atoms. The van der Waals surface area contributed by atoms with E-state index >= 15 is 0 Å². The van der Waals surface area contributed by atoms with Gasteiger partial charge in [-0.25, -0.2) is 0 Å². The fraction of sp³-hybridized carbons (Fsp3) is 0.856. The molecule has 109 heavy (non-hydrogen) atoms. The Kier molecular flexibility index (Phi) is 64.1. The molecule has 3 saturated heterocycles. The van der Waals surface area contributed by atoms with Crippen LogP contribution in [0.2, 0.25) is 0 Å². The molecule has 19 nitrogen and oxygen atoms in total. The van der Waals surface area contributed by atoms with Crippen molar-refractivity contribution < 1.29 is 89.4 Å². The molecular formula is C90H163NO18. The van der Waals surface area contributed by atoms with Crippen molar-refractivity contribution in [3.05, 3.63) is 72.9 Å². The van der Waals surface area contributed by atoms with Crippen LogP contribution in [0.1, 0.15) is 361 Å². The molecule has 3 aliphatic rings. The molecule has 3 aliphatic heterocycles. The average molecular weight is 1550 g/mol. The van der Waals surface area contributed by atoms with Crippen molar-refractivity contribution >= 4 is 5.91 Å². The van der Waals surface area contributed by atoms with Gasteiger partial charge < -0.3 is 89.9 Å². The van der Waals surface area contributed by atoms with Crippen LogP contribution >= 0.6 is 0 Å². The molecule has 1 amide bonds. The lowest BCUT2D eigenvalue weighted by Crippen LogP contribution is -2.66. The molecule has 3 heterocycles. The Hall–Kier alpha value is -2.77. The standard InChI is InChI=1S/C90H163NO18/c1-3-5-7-9-11-13-15-17-19-21-23-25-27-28-29-30-31-32-33-34-35-36-37-38-39-40-41-42-43-44-46-48-50-52-54-56-58-60-62-64-66-68-78(96)91-73(74(95)67-65-63-61-59-57-55-53-51-49-47-45-26-24-22-20-18-16-14-12-10-8-6-4-2)72-104-88-84(102)81(99)86(76(70-93)106-88)109-90-85(103)82(100)87(77(71-94)107-90)108-89-83(101)80(98)79(97)75(69-92)105-89/h5,7,11,13,17,19,23,25,28-29,31-32,73-77,79-90,92-95,97-103H,3-4,6,8-10,12,14-16,18,20-22,24,26-27,30,33-72H2,1-2H3,(H,91,96)/b7-5-,13-11-,19-17-,25-23-,29-28-,32-31-. The predicted molar refractivity (Wildman–Crippen MR) is 438 cm³/mol. The third-order valence-corrected chi connectivity index (χ3v) is 22.0. The molecule has 636 valence electrons. The van der Waals surface area contributed by atoms with E-state index in [0.717, 1.165) is 83.5 Å². The largest absolute Gasteiger partial charge is 0.394 e. The Labute approximate surface area is 661 Å². The van der Waals surface area contributed by atoms with Crippen molar-refractivity contribution in [2.24, 2.45) is 0 Å². The lowest BCUT2D eigenvalue weighted by Gasteiger charge is -2.48. The van der Waals surface area contributed by atoms with Crippen molar-refractivity contribution in [2.45, 2.75) is 465 Å². The molecular weight excluding hydrogens is 1380 g/mol. The van der Waals surface area contributed by atoms with Crippen LogP contribution in [0, 0.1) is 0 Å². The predicted octanol–water partition coefficient (Wildman–Crippen LogP) is 16.7. The van der Waals surface area contributed by atoms with Crippen LogP contribution in [0.4, 0.5) is 0 Å². The first-order chi connectivity index (χ1) is 53.3. The minimum absolute atomic E-state index is 0.236. The van der Waals surface area contributed by atoms with Crippen molar-refractivity contribution in [1.82, 2.24) is 5.32 Å². The average Bonchev–Trinajstić information content (AvgIpc) is 0.760. The highest BCUT2D eigenvalue weighted by molar-refractivity contribution is 5.76. The number of ether oxygens (including phenoxy) is 6. The SMILES string of the molecule is CC/C=C\C/C=C\C/C=C\C/C=C\C/C=C\C/C=C\CCCCCCCCCCCCCCCCCCCCCCCCC(=O)NC(COC1OC(CO)C(OC2OC(CO)C(OC3OC(CO)C(O)C(O)C3O)C(O)C2O)C(O)C1O)C(O)CCCCCCCCCCCCCCCCCCCCCCCCC. The van der Waals surface area contributed by atoms with E-state index in [1.807, 2.05) is 0 Å². The monoisotopic (exact) mass is 1550 g/mol. The molecule has 0 radical (unpaired) electrons. The van der Waals surface area contributed by atoms with Crippen LogP contribution in [0.15, 0.2) is 72.9 Å². The Morgan fingerprint density at radius 3 is 0.991 bits per heavy atom. The molecule has 0 spiro atoms. The zero-order chi connectivity index (χ0) is 78.8. The molecule has 19 heteroatoms. The van der Waals surface area contributed by atoms with Crippen LogP contribution < -0.4 is 5.32 Å². The number of rotatable bonds is 72. The molecule has 3 fully saturated rings. The Morgan fingerprint density at radius 2 is 0.633 bits per heavy atom. The second-order valence-electron chi connectivity index (χ2n) is 31.7. The van der Waals surface area contributed by atoms with Gasteiger partial charge in [-0.2, -0.15) is 0 Å². The highest BCUT2D eigenvalue weighted by atomic mass is 16.8. The third-order valence-electron chi connectivity index (χ3n) is 22.0. The van der Waals surface area contributed by atoms with Gasteiger partial charge in [0.1, 0.15) is 73.2 Å². The van der Waals surface area contributed by atoms with E-state index in [4.69, 9.17) is 28.4 Å². The van der Waals surface area contributed by atoms with E-state index in [-0.39, 0.29) is 18.9 Å². The summed E-state index contributed by atoms with van der Waals surface area (Å²) in [5.41, 5.74) is 0. The van der Waals surface area contributed by atoms with E-state index in [1.165, 1.54) is 244 Å². The number of carbonyl (C=O) groups excluding carboxylic acids is 1. The molecule has 0 aromatic heterocycles. The molecule has 0 aromatic carbocycles. The van der Waals surface area contributed by atoms with Crippen LogP contribution in [0.25, 0.3) is 0 Å². The van der Waals surface area contributed by atoms with Gasteiger partial charge in [-0.05, 0) is 64.2 Å². The minimum atomic E-state index is -1.97. The summed E-state index contributed by atoms with van der Waals surface area (Å²) in [5, 5.41) is 121. The fourth-order valence-corrected chi connectivity index (χ4v) is 15.0. The molecule has 3 rings (SSSR count).